The van der Waals surface area contributed by atoms with Gasteiger partial charge in [0, 0.05) is 13.1 Å². The first-order valence-corrected chi connectivity index (χ1v) is 8.23. The molecule has 1 N–H and O–H groups in total. The first-order chi connectivity index (χ1) is 12.1. The lowest BCUT2D eigenvalue weighted by molar-refractivity contribution is -0.383. The summed E-state index contributed by atoms with van der Waals surface area (Å²) >= 11 is 0. The van der Waals surface area contributed by atoms with Gasteiger partial charge in [-0.3, -0.25) is 14.8 Å². The van der Waals surface area contributed by atoms with Crippen LogP contribution in [0.15, 0.2) is 18.3 Å². The van der Waals surface area contributed by atoms with Crippen LogP contribution in [0.5, 0.6) is 0 Å². The minimum Gasteiger partial charge on any atom is -0.444 e. The third-order valence-corrected chi connectivity index (χ3v) is 3.50. The number of nitrogens with zero attached hydrogens (tertiary/aromatic N) is 3. The number of aromatic nitrogens is 2. The van der Waals surface area contributed by atoms with Gasteiger partial charge in [0.25, 0.3) is 5.69 Å². The molecule has 0 spiro atoms. The van der Waals surface area contributed by atoms with Crippen LogP contribution in [0.2, 0.25) is 0 Å². The van der Waals surface area contributed by atoms with Crippen LogP contribution in [-0.4, -0.2) is 39.0 Å². The molecule has 1 aromatic carbocycles. The van der Waals surface area contributed by atoms with Crippen LogP contribution in [0.1, 0.15) is 33.3 Å². The van der Waals surface area contributed by atoms with Crippen molar-refractivity contribution in [3.63, 3.8) is 0 Å². The minimum atomic E-state index is -0.567. The molecule has 1 amide bonds. The number of non-ortho nitro benzene ring substituents is 1. The fourth-order valence-electron chi connectivity index (χ4n) is 2.42. The molecule has 142 valence electrons. The second-order valence-electron chi connectivity index (χ2n) is 7.14. The molecule has 0 radical (unpaired) electrons. The van der Waals surface area contributed by atoms with Gasteiger partial charge in [0.1, 0.15) is 5.60 Å². The first-order valence-electron chi connectivity index (χ1n) is 8.23. The Kier molecular flexibility index (Phi) is 5.81. The molecular weight excluding hydrogens is 340 g/mol. The van der Waals surface area contributed by atoms with Gasteiger partial charge in [-0.1, -0.05) is 0 Å². The van der Waals surface area contributed by atoms with E-state index in [1.807, 2.05) is 0 Å². The number of carbonyl (C=O) groups excluding carboxylic acids is 1. The first kappa shape index (κ1) is 19.6. The van der Waals surface area contributed by atoms with Crippen molar-refractivity contribution in [1.82, 2.24) is 15.1 Å². The van der Waals surface area contributed by atoms with Crippen LogP contribution in [0, 0.1) is 10.1 Å². The molecule has 26 heavy (non-hydrogen) atoms. The van der Waals surface area contributed by atoms with Crippen LogP contribution in [-0.2, 0) is 23.1 Å². The largest absolute Gasteiger partial charge is 0.444 e. The molecule has 0 aliphatic rings. The lowest BCUT2D eigenvalue weighted by atomic mass is 10.1. The second kappa shape index (κ2) is 7.69. The molecule has 1 atom stereocenters. The number of rotatable bonds is 6. The Morgan fingerprint density at radius 2 is 2.12 bits per heavy atom. The van der Waals surface area contributed by atoms with E-state index in [9.17, 15) is 14.9 Å². The van der Waals surface area contributed by atoms with Crippen LogP contribution in [0.3, 0.4) is 0 Å². The van der Waals surface area contributed by atoms with Crippen LogP contribution in [0.4, 0.5) is 10.5 Å². The molecule has 9 heteroatoms. The lowest BCUT2D eigenvalue weighted by Gasteiger charge is -2.22. The number of nitro benzene ring substituents is 1. The average Bonchev–Trinajstić information content (AvgIpc) is 2.86. The van der Waals surface area contributed by atoms with Crippen molar-refractivity contribution in [1.29, 1.82) is 0 Å². The van der Waals surface area contributed by atoms with Crippen molar-refractivity contribution in [2.24, 2.45) is 7.05 Å². The summed E-state index contributed by atoms with van der Waals surface area (Å²) in [4.78, 5) is 22.5. The van der Waals surface area contributed by atoms with Gasteiger partial charge in [-0.2, -0.15) is 5.10 Å². The van der Waals surface area contributed by atoms with E-state index >= 15 is 0 Å². The van der Waals surface area contributed by atoms with E-state index in [1.54, 1.807) is 45.5 Å². The van der Waals surface area contributed by atoms with Gasteiger partial charge in [0.15, 0.2) is 0 Å². The van der Waals surface area contributed by atoms with Gasteiger partial charge < -0.3 is 14.8 Å². The van der Waals surface area contributed by atoms with Crippen molar-refractivity contribution < 1.29 is 19.2 Å². The Balaban J connectivity index is 1.96. The summed E-state index contributed by atoms with van der Waals surface area (Å²) in [6.45, 7) is 7.58. The maximum absolute atomic E-state index is 11.7. The number of hydrogen-bond acceptors (Lipinski definition) is 6. The van der Waals surface area contributed by atoms with Crippen molar-refractivity contribution in [2.75, 3.05) is 6.61 Å². The highest BCUT2D eigenvalue weighted by molar-refractivity contribution is 5.88. The summed E-state index contributed by atoms with van der Waals surface area (Å²) in [7, 11) is 1.73. The highest BCUT2D eigenvalue weighted by Crippen LogP contribution is 2.27. The van der Waals surface area contributed by atoms with E-state index in [0.717, 1.165) is 0 Å². The van der Waals surface area contributed by atoms with E-state index < -0.39 is 16.6 Å². The number of amides is 1. The van der Waals surface area contributed by atoms with E-state index in [0.29, 0.717) is 16.5 Å². The molecular formula is C17H24N4O5. The molecule has 2 rings (SSSR count). The fourth-order valence-corrected chi connectivity index (χ4v) is 2.42. The zero-order valence-electron chi connectivity index (χ0n) is 15.6. The number of benzene rings is 1. The second-order valence-corrected chi connectivity index (χ2v) is 7.14. The zero-order valence-corrected chi connectivity index (χ0v) is 15.6. The topological polar surface area (TPSA) is 109 Å². The monoisotopic (exact) mass is 364 g/mol. The number of hydrogen-bond donors (Lipinski definition) is 1. The van der Waals surface area contributed by atoms with Crippen molar-refractivity contribution in [3.8, 4) is 0 Å². The maximum atomic E-state index is 11.7. The summed E-state index contributed by atoms with van der Waals surface area (Å²) in [5.41, 5.74) is 0.756. The molecule has 0 aliphatic heterocycles. The number of ether oxygens (including phenoxy) is 2. The van der Waals surface area contributed by atoms with Crippen molar-refractivity contribution in [2.45, 2.75) is 45.9 Å². The molecule has 1 aromatic heterocycles. The molecule has 0 fully saturated rings. The summed E-state index contributed by atoms with van der Waals surface area (Å²) in [5.74, 6) is 0. The molecule has 2 aromatic rings. The van der Waals surface area contributed by atoms with Gasteiger partial charge >= 0.3 is 6.09 Å². The lowest BCUT2D eigenvalue weighted by Crippen LogP contribution is -2.39. The van der Waals surface area contributed by atoms with Gasteiger partial charge in [0.05, 0.1) is 41.3 Å². The van der Waals surface area contributed by atoms with Crippen LogP contribution >= 0.6 is 0 Å². The predicted octanol–water partition coefficient (Wildman–Crippen LogP) is 2.91. The van der Waals surface area contributed by atoms with Gasteiger partial charge in [-0.25, -0.2) is 4.79 Å². The van der Waals surface area contributed by atoms with E-state index in [4.69, 9.17) is 9.47 Å². The Morgan fingerprint density at radius 1 is 1.42 bits per heavy atom. The van der Waals surface area contributed by atoms with E-state index in [1.165, 1.54) is 12.3 Å². The molecule has 0 saturated carbocycles. The Hall–Kier alpha value is -2.68. The average molecular weight is 364 g/mol. The summed E-state index contributed by atoms with van der Waals surface area (Å²) in [6, 6.07) is 3.03. The third-order valence-electron chi connectivity index (χ3n) is 3.50. The van der Waals surface area contributed by atoms with E-state index in [-0.39, 0.29) is 24.9 Å². The molecule has 0 saturated heterocycles. The Bertz CT molecular complexity index is 809. The van der Waals surface area contributed by atoms with Crippen LogP contribution in [0.25, 0.3) is 10.9 Å². The SMILES string of the molecule is CC(COCc1cc([N+](=O)[O-])c2cnn(C)c2c1)NC(=O)OC(C)(C)C. The summed E-state index contributed by atoms with van der Waals surface area (Å²) in [6.07, 6.45) is 0.964. The quantitative estimate of drug-likeness (QED) is 0.623. The van der Waals surface area contributed by atoms with E-state index in [2.05, 4.69) is 10.4 Å². The molecule has 0 bridgehead atoms. The molecule has 1 heterocycles. The zero-order chi connectivity index (χ0) is 19.5. The van der Waals surface area contributed by atoms with Gasteiger partial charge in [-0.05, 0) is 39.3 Å². The van der Waals surface area contributed by atoms with Crippen LogP contribution < -0.4 is 5.32 Å². The van der Waals surface area contributed by atoms with Crippen molar-refractivity contribution in [3.05, 3.63) is 34.0 Å². The highest BCUT2D eigenvalue weighted by atomic mass is 16.6. The normalized spacial score (nSPS) is 12.8. The number of nitrogens with one attached hydrogen (secondary N) is 1. The minimum absolute atomic E-state index is 0.00544. The summed E-state index contributed by atoms with van der Waals surface area (Å²) in [5, 5.41) is 18.5. The molecule has 0 aliphatic carbocycles. The fraction of sp³-hybridized carbons (Fsp3) is 0.529. The standard InChI is InChI=1S/C17H24N4O5/c1-11(19-16(22)26-17(2,3)4)9-25-10-12-6-14-13(8-18-20(14)5)15(7-12)21(23)24/h6-8,11H,9-10H2,1-5H3,(H,19,22). The Labute approximate surface area is 151 Å². The van der Waals surface area contributed by atoms with Gasteiger partial charge in [-0.15, -0.1) is 0 Å². The number of aryl methyl sites for hydroxylation is 1. The summed E-state index contributed by atoms with van der Waals surface area (Å²) < 4.78 is 12.3. The van der Waals surface area contributed by atoms with Gasteiger partial charge in [0.2, 0.25) is 0 Å². The Morgan fingerprint density at radius 3 is 2.73 bits per heavy atom. The number of nitro groups is 1. The molecule has 1 unspecified atom stereocenters. The third kappa shape index (κ3) is 5.16. The smallest absolute Gasteiger partial charge is 0.407 e. The number of alkyl carbamates (subject to hydrolysis) is 1. The predicted molar refractivity (Wildman–Crippen MR) is 95.9 cm³/mol. The number of carbonyl (C=O) groups is 1. The molecule has 9 nitrogen and oxygen atoms in total. The van der Waals surface area contributed by atoms with Crippen molar-refractivity contribution >= 4 is 22.7 Å². The maximum Gasteiger partial charge on any atom is 0.407 e. The highest BCUT2D eigenvalue weighted by Gasteiger charge is 2.19. The number of fused-ring (bicyclic) bond motifs is 1.